The van der Waals surface area contributed by atoms with Gasteiger partial charge in [0.15, 0.2) is 0 Å². The first-order chi connectivity index (χ1) is 29.3. The molecule has 0 heterocycles. The Hall–Kier alpha value is -7.74. The smallest absolute Gasteiger partial charge is 0.0540 e. The molecule has 0 saturated carbocycles. The van der Waals surface area contributed by atoms with Crippen molar-refractivity contribution in [2.45, 2.75) is 0 Å². The van der Waals surface area contributed by atoms with Gasteiger partial charge in [-0.2, -0.15) is 0 Å². The first kappa shape index (κ1) is 34.5. The fourth-order valence-electron chi connectivity index (χ4n) is 9.02. The van der Waals surface area contributed by atoms with E-state index in [1.165, 1.54) is 87.6 Å². The quantitative estimate of drug-likeness (QED) is 0.147. The molecule has 0 unspecified atom stereocenters. The van der Waals surface area contributed by atoms with Crippen molar-refractivity contribution in [3.63, 3.8) is 0 Å². The highest BCUT2D eigenvalue weighted by molar-refractivity contribution is 6.16. The molecule has 1 heteroatoms. The predicted molar refractivity (Wildman–Crippen MR) is 253 cm³/mol. The Morgan fingerprint density at radius 1 is 0.220 bits per heavy atom. The Bertz CT molecular complexity index is 3320. The molecule has 0 aliphatic rings. The Kier molecular flexibility index (Phi) is 8.56. The Morgan fingerprint density at radius 2 is 0.695 bits per heavy atom. The van der Waals surface area contributed by atoms with Crippen molar-refractivity contribution in [2.24, 2.45) is 0 Å². The van der Waals surface area contributed by atoms with Crippen molar-refractivity contribution < 1.29 is 0 Å². The van der Waals surface area contributed by atoms with Gasteiger partial charge in [-0.1, -0.05) is 188 Å². The largest absolute Gasteiger partial charge is 0.310 e. The van der Waals surface area contributed by atoms with Crippen LogP contribution in [0.15, 0.2) is 237 Å². The third kappa shape index (κ3) is 6.21. The molecule has 0 fully saturated rings. The van der Waals surface area contributed by atoms with Gasteiger partial charge in [-0.3, -0.25) is 0 Å². The van der Waals surface area contributed by atoms with Crippen LogP contribution in [0.3, 0.4) is 0 Å². The number of anilines is 3. The van der Waals surface area contributed by atoms with E-state index in [9.17, 15) is 0 Å². The van der Waals surface area contributed by atoms with Gasteiger partial charge in [-0.15, -0.1) is 0 Å². The molecular formula is C58H39N. The van der Waals surface area contributed by atoms with Crippen LogP contribution in [-0.4, -0.2) is 0 Å². The Balaban J connectivity index is 1.11. The van der Waals surface area contributed by atoms with Crippen LogP contribution >= 0.6 is 0 Å². The number of rotatable bonds is 7. The maximum absolute atomic E-state index is 2.44. The molecule has 0 aromatic heterocycles. The Labute approximate surface area is 344 Å². The zero-order chi connectivity index (χ0) is 39.1. The molecule has 0 saturated heterocycles. The van der Waals surface area contributed by atoms with Crippen molar-refractivity contribution in [2.75, 3.05) is 4.90 Å². The maximum atomic E-state index is 2.44. The van der Waals surface area contributed by atoms with Crippen molar-refractivity contribution in [3.05, 3.63) is 237 Å². The van der Waals surface area contributed by atoms with Crippen LogP contribution in [0, 0.1) is 0 Å². The standard InChI is InChI=1S/C58H39N/c1-2-16-40(17-3-1)42-20-14-21-43(36-42)41-32-34-47(35-33-41)59(48-23-15-22-44(37-48)56-38-45-18-4-6-24-49(45)51-26-8-10-28-53(51)56)58-31-13-12-30-55(58)57-39-46-19-5-7-25-50(46)52-27-9-11-29-54(52)57/h1-39H. The molecule has 59 heavy (non-hydrogen) atoms. The van der Waals surface area contributed by atoms with E-state index >= 15 is 0 Å². The van der Waals surface area contributed by atoms with E-state index in [1.807, 2.05) is 0 Å². The topological polar surface area (TPSA) is 3.24 Å². The number of nitrogens with zero attached hydrogens (tertiary/aromatic N) is 1. The van der Waals surface area contributed by atoms with E-state index in [-0.39, 0.29) is 0 Å². The van der Waals surface area contributed by atoms with E-state index in [1.54, 1.807) is 0 Å². The van der Waals surface area contributed by atoms with Crippen LogP contribution in [0.1, 0.15) is 0 Å². The van der Waals surface area contributed by atoms with Gasteiger partial charge in [0.05, 0.1) is 5.69 Å². The van der Waals surface area contributed by atoms with Crippen LogP contribution in [-0.2, 0) is 0 Å². The first-order valence-electron chi connectivity index (χ1n) is 20.3. The number of fused-ring (bicyclic) bond motifs is 6. The van der Waals surface area contributed by atoms with Gasteiger partial charge in [0.25, 0.3) is 0 Å². The summed E-state index contributed by atoms with van der Waals surface area (Å²) in [7, 11) is 0. The minimum Gasteiger partial charge on any atom is -0.310 e. The summed E-state index contributed by atoms with van der Waals surface area (Å²) in [5.41, 5.74) is 12.9. The van der Waals surface area contributed by atoms with Gasteiger partial charge in [0.1, 0.15) is 0 Å². The second-order valence-corrected chi connectivity index (χ2v) is 15.3. The SMILES string of the molecule is c1ccc(-c2cccc(-c3ccc(N(c4cccc(-c5cc6ccccc6c6ccccc56)c4)c4ccccc4-c4cc5ccccc5c5ccccc45)cc3)c2)cc1. The molecule has 0 aliphatic carbocycles. The van der Waals surface area contributed by atoms with Gasteiger partial charge < -0.3 is 4.90 Å². The summed E-state index contributed by atoms with van der Waals surface area (Å²) in [5.74, 6) is 0. The highest BCUT2D eigenvalue weighted by Crippen LogP contribution is 2.46. The average molecular weight is 750 g/mol. The summed E-state index contributed by atoms with van der Waals surface area (Å²) >= 11 is 0. The van der Waals surface area contributed by atoms with E-state index in [0.717, 1.165) is 17.1 Å². The molecule has 0 radical (unpaired) electrons. The second kappa shape index (κ2) is 14.6. The number of hydrogen-bond donors (Lipinski definition) is 0. The van der Waals surface area contributed by atoms with Crippen molar-refractivity contribution >= 4 is 60.2 Å². The first-order valence-corrected chi connectivity index (χ1v) is 20.3. The molecule has 11 aromatic carbocycles. The molecule has 1 nitrogen and oxygen atoms in total. The normalized spacial score (nSPS) is 11.4. The summed E-state index contributed by atoms with van der Waals surface area (Å²) < 4.78 is 0. The van der Waals surface area contributed by atoms with Gasteiger partial charge in [-0.25, -0.2) is 0 Å². The molecule has 0 bridgehead atoms. The monoisotopic (exact) mass is 749 g/mol. The molecule has 0 amide bonds. The highest BCUT2D eigenvalue weighted by atomic mass is 15.1. The summed E-state index contributed by atoms with van der Waals surface area (Å²) in [6, 6.07) is 86.3. The minimum absolute atomic E-state index is 1.09. The molecule has 11 rings (SSSR count). The molecule has 11 aromatic rings. The highest BCUT2D eigenvalue weighted by Gasteiger charge is 2.20. The van der Waals surface area contributed by atoms with Gasteiger partial charge >= 0.3 is 0 Å². The lowest BCUT2D eigenvalue weighted by atomic mass is 9.91. The van der Waals surface area contributed by atoms with Gasteiger partial charge in [-0.05, 0) is 131 Å². The fraction of sp³-hybridized carbons (Fsp3) is 0. The van der Waals surface area contributed by atoms with Crippen LogP contribution in [0.25, 0.3) is 87.6 Å². The molecule has 0 spiro atoms. The molecule has 0 aliphatic heterocycles. The molecule has 0 N–H and O–H groups in total. The van der Waals surface area contributed by atoms with E-state index < -0.39 is 0 Å². The number of hydrogen-bond acceptors (Lipinski definition) is 1. The van der Waals surface area contributed by atoms with Crippen LogP contribution in [0.2, 0.25) is 0 Å². The lowest BCUT2D eigenvalue weighted by Gasteiger charge is -2.29. The number of benzene rings is 11. The third-order valence-corrected chi connectivity index (χ3v) is 11.8. The van der Waals surface area contributed by atoms with Crippen molar-refractivity contribution in [1.29, 1.82) is 0 Å². The summed E-state index contributed by atoms with van der Waals surface area (Å²) in [6.07, 6.45) is 0. The van der Waals surface area contributed by atoms with Crippen LogP contribution in [0.4, 0.5) is 17.1 Å². The lowest BCUT2D eigenvalue weighted by Crippen LogP contribution is -2.11. The zero-order valence-corrected chi connectivity index (χ0v) is 32.5. The average Bonchev–Trinajstić information content (AvgIpc) is 3.32. The number of para-hydroxylation sites is 1. The Morgan fingerprint density at radius 3 is 1.37 bits per heavy atom. The molecule has 0 atom stereocenters. The summed E-state index contributed by atoms with van der Waals surface area (Å²) in [6.45, 7) is 0. The van der Waals surface area contributed by atoms with Crippen molar-refractivity contribution in [1.82, 2.24) is 0 Å². The molecule has 276 valence electrons. The van der Waals surface area contributed by atoms with Gasteiger partial charge in [0.2, 0.25) is 0 Å². The second-order valence-electron chi connectivity index (χ2n) is 15.3. The van der Waals surface area contributed by atoms with Crippen molar-refractivity contribution in [3.8, 4) is 44.5 Å². The van der Waals surface area contributed by atoms with Crippen LogP contribution in [0.5, 0.6) is 0 Å². The van der Waals surface area contributed by atoms with Gasteiger partial charge in [0, 0.05) is 16.9 Å². The fourth-order valence-corrected chi connectivity index (χ4v) is 9.02. The van der Waals surface area contributed by atoms with Crippen LogP contribution < -0.4 is 4.90 Å². The third-order valence-electron chi connectivity index (χ3n) is 11.8. The minimum atomic E-state index is 1.09. The summed E-state index contributed by atoms with van der Waals surface area (Å²) in [5, 5.41) is 10.0. The zero-order valence-electron chi connectivity index (χ0n) is 32.5. The van der Waals surface area contributed by atoms with E-state index in [4.69, 9.17) is 0 Å². The molecular weight excluding hydrogens is 711 g/mol. The maximum Gasteiger partial charge on any atom is 0.0540 e. The lowest BCUT2D eigenvalue weighted by molar-refractivity contribution is 1.28. The van der Waals surface area contributed by atoms with E-state index in [2.05, 4.69) is 241 Å². The summed E-state index contributed by atoms with van der Waals surface area (Å²) in [4.78, 5) is 2.44. The predicted octanol–water partition coefficient (Wildman–Crippen LogP) is 16.4. The van der Waals surface area contributed by atoms with E-state index in [0.29, 0.717) is 0 Å².